The number of carbonyl (C=O) groups excluding carboxylic acids is 1. The van der Waals surface area contributed by atoms with Gasteiger partial charge < -0.3 is 14.4 Å². The smallest absolute Gasteiger partial charge is 0.219 e. The van der Waals surface area contributed by atoms with E-state index in [1.807, 2.05) is 16.5 Å². The third-order valence-corrected chi connectivity index (χ3v) is 6.55. The van der Waals surface area contributed by atoms with Crippen molar-refractivity contribution in [3.63, 3.8) is 0 Å². The Hall–Kier alpha value is -2.38. The summed E-state index contributed by atoms with van der Waals surface area (Å²) in [4.78, 5) is 16.7. The lowest BCUT2D eigenvalue weighted by Crippen LogP contribution is -2.57. The molecule has 1 fully saturated rings. The summed E-state index contributed by atoms with van der Waals surface area (Å²) in [5.41, 5.74) is 4.13. The summed E-state index contributed by atoms with van der Waals surface area (Å²) in [6.07, 6.45) is 2.01. The van der Waals surface area contributed by atoms with Crippen LogP contribution in [0.5, 0.6) is 5.75 Å². The molecule has 7 nitrogen and oxygen atoms in total. The molecule has 32 heavy (non-hydrogen) atoms. The van der Waals surface area contributed by atoms with Gasteiger partial charge in [0.2, 0.25) is 5.91 Å². The topological polar surface area (TPSA) is 59.8 Å². The Morgan fingerprint density at radius 3 is 2.72 bits per heavy atom. The zero-order chi connectivity index (χ0) is 22.7. The van der Waals surface area contributed by atoms with Crippen molar-refractivity contribution in [3.05, 3.63) is 46.8 Å². The van der Waals surface area contributed by atoms with Gasteiger partial charge in [0, 0.05) is 37.8 Å². The quantitative estimate of drug-likeness (QED) is 0.646. The highest BCUT2D eigenvalue weighted by molar-refractivity contribution is 5.73. The van der Waals surface area contributed by atoms with Crippen LogP contribution in [0.3, 0.4) is 0 Å². The molecular formula is C25H36N4O3. The monoisotopic (exact) mass is 440 g/mol. The van der Waals surface area contributed by atoms with Gasteiger partial charge in [-0.2, -0.15) is 5.10 Å². The normalized spacial score (nSPS) is 21.3. The third-order valence-electron chi connectivity index (χ3n) is 6.55. The molecular weight excluding hydrogens is 404 g/mol. The Kier molecular flexibility index (Phi) is 6.86. The molecule has 1 aromatic carbocycles. The predicted molar refractivity (Wildman–Crippen MR) is 124 cm³/mol. The SMILES string of the molecule is CC(=O)N1Cc2cc(C)ccc2OC2(CCCN(CCOCCn3nc(C)cc3C)C2)C1. The van der Waals surface area contributed by atoms with Crippen LogP contribution in [0, 0.1) is 20.8 Å². The van der Waals surface area contributed by atoms with Crippen LogP contribution in [0.2, 0.25) is 0 Å². The maximum Gasteiger partial charge on any atom is 0.219 e. The van der Waals surface area contributed by atoms with Crippen molar-refractivity contribution in [2.45, 2.75) is 59.2 Å². The molecule has 0 N–H and O–H groups in total. The second-order valence-corrected chi connectivity index (χ2v) is 9.41. The van der Waals surface area contributed by atoms with Crippen LogP contribution in [0.15, 0.2) is 24.3 Å². The van der Waals surface area contributed by atoms with E-state index >= 15 is 0 Å². The molecule has 0 aliphatic carbocycles. The summed E-state index contributed by atoms with van der Waals surface area (Å²) in [5, 5.41) is 4.49. The largest absolute Gasteiger partial charge is 0.484 e. The van der Waals surface area contributed by atoms with Gasteiger partial charge in [-0.1, -0.05) is 17.7 Å². The van der Waals surface area contributed by atoms with Crippen LogP contribution < -0.4 is 4.74 Å². The van der Waals surface area contributed by atoms with E-state index in [4.69, 9.17) is 9.47 Å². The maximum absolute atomic E-state index is 12.4. The van der Waals surface area contributed by atoms with Gasteiger partial charge in [-0.05, 0) is 52.3 Å². The van der Waals surface area contributed by atoms with Crippen LogP contribution in [0.1, 0.15) is 42.3 Å². The molecule has 1 spiro atoms. The number of benzene rings is 1. The molecule has 0 saturated carbocycles. The molecule has 0 bridgehead atoms. The van der Waals surface area contributed by atoms with Crippen molar-refractivity contribution in [1.29, 1.82) is 0 Å². The zero-order valence-corrected chi connectivity index (χ0v) is 19.9. The molecule has 1 atom stereocenters. The highest BCUT2D eigenvalue weighted by atomic mass is 16.5. The van der Waals surface area contributed by atoms with Gasteiger partial charge in [0.05, 0.1) is 32.0 Å². The fourth-order valence-corrected chi connectivity index (χ4v) is 4.97. The Morgan fingerprint density at radius 1 is 1.16 bits per heavy atom. The summed E-state index contributed by atoms with van der Waals surface area (Å²) < 4.78 is 14.6. The van der Waals surface area contributed by atoms with Gasteiger partial charge in [-0.15, -0.1) is 0 Å². The molecule has 1 saturated heterocycles. The van der Waals surface area contributed by atoms with Gasteiger partial charge >= 0.3 is 0 Å². The van der Waals surface area contributed by atoms with Gasteiger partial charge in [0.25, 0.3) is 0 Å². The number of aromatic nitrogens is 2. The van der Waals surface area contributed by atoms with E-state index in [0.717, 1.165) is 56.0 Å². The van der Waals surface area contributed by atoms with Gasteiger partial charge in [0.1, 0.15) is 11.4 Å². The van der Waals surface area contributed by atoms with Crippen LogP contribution in [-0.4, -0.2) is 70.5 Å². The molecule has 1 amide bonds. The number of rotatable bonds is 6. The second-order valence-electron chi connectivity index (χ2n) is 9.41. The standard InChI is InChI=1S/C25H36N4O3/c1-19-6-7-24-23(14-19)16-28(22(4)30)18-25(32-24)8-5-9-27(17-25)10-12-31-13-11-29-21(3)15-20(2)26-29/h6-7,14-15H,5,8-13,16-18H2,1-4H3. The number of hydrogen-bond acceptors (Lipinski definition) is 5. The van der Waals surface area contributed by atoms with Crippen molar-refractivity contribution >= 4 is 5.91 Å². The number of aryl methyl sites for hydroxylation is 3. The molecule has 174 valence electrons. The van der Waals surface area contributed by atoms with E-state index in [-0.39, 0.29) is 11.5 Å². The first kappa shape index (κ1) is 22.8. The number of hydrogen-bond donors (Lipinski definition) is 0. The van der Waals surface area contributed by atoms with Crippen molar-refractivity contribution in [2.75, 3.05) is 39.4 Å². The lowest BCUT2D eigenvalue weighted by Gasteiger charge is -2.43. The zero-order valence-electron chi connectivity index (χ0n) is 19.9. The van der Waals surface area contributed by atoms with Gasteiger partial charge in [-0.25, -0.2) is 0 Å². The average Bonchev–Trinajstić information content (AvgIpc) is 2.97. The van der Waals surface area contributed by atoms with E-state index in [0.29, 0.717) is 26.3 Å². The number of piperidine rings is 1. The minimum Gasteiger partial charge on any atom is -0.484 e. The van der Waals surface area contributed by atoms with E-state index < -0.39 is 0 Å². The Balaban J connectivity index is 1.35. The van der Waals surface area contributed by atoms with Gasteiger partial charge in [-0.3, -0.25) is 14.4 Å². The number of nitrogens with zero attached hydrogens (tertiary/aromatic N) is 4. The third kappa shape index (κ3) is 5.33. The maximum atomic E-state index is 12.4. The Labute approximate surface area is 191 Å². The van der Waals surface area contributed by atoms with Crippen LogP contribution in [-0.2, 0) is 22.6 Å². The first-order valence-corrected chi connectivity index (χ1v) is 11.7. The minimum absolute atomic E-state index is 0.104. The summed E-state index contributed by atoms with van der Waals surface area (Å²) >= 11 is 0. The summed E-state index contributed by atoms with van der Waals surface area (Å²) in [7, 11) is 0. The number of amides is 1. The molecule has 1 unspecified atom stereocenters. The average molecular weight is 441 g/mol. The number of ether oxygens (including phenoxy) is 2. The van der Waals surface area contributed by atoms with E-state index in [9.17, 15) is 4.79 Å². The van der Waals surface area contributed by atoms with Crippen LogP contribution in [0.4, 0.5) is 0 Å². The molecule has 1 aromatic heterocycles. The fraction of sp³-hybridized carbons (Fsp3) is 0.600. The first-order valence-electron chi connectivity index (χ1n) is 11.7. The van der Waals surface area contributed by atoms with Gasteiger partial charge in [0.15, 0.2) is 0 Å². The van der Waals surface area contributed by atoms with Crippen LogP contribution in [0.25, 0.3) is 0 Å². The van der Waals surface area contributed by atoms with E-state index in [1.54, 1.807) is 6.92 Å². The summed E-state index contributed by atoms with van der Waals surface area (Å²) in [6.45, 7) is 13.9. The van der Waals surface area contributed by atoms with E-state index in [1.165, 1.54) is 11.3 Å². The highest BCUT2D eigenvalue weighted by Gasteiger charge is 2.42. The van der Waals surface area contributed by atoms with Crippen molar-refractivity contribution in [2.24, 2.45) is 0 Å². The Morgan fingerprint density at radius 2 is 1.97 bits per heavy atom. The Bertz CT molecular complexity index is 957. The number of carbonyl (C=O) groups is 1. The molecule has 7 heteroatoms. The molecule has 0 radical (unpaired) electrons. The van der Waals surface area contributed by atoms with Crippen LogP contribution >= 0.6 is 0 Å². The number of likely N-dealkylation sites (tertiary alicyclic amines) is 1. The summed E-state index contributed by atoms with van der Waals surface area (Å²) in [6, 6.07) is 8.38. The molecule has 4 rings (SSSR count). The predicted octanol–water partition coefficient (Wildman–Crippen LogP) is 3.10. The lowest BCUT2D eigenvalue weighted by atomic mass is 9.91. The summed E-state index contributed by atoms with van der Waals surface area (Å²) in [5.74, 6) is 1.02. The molecule has 3 heterocycles. The highest BCUT2D eigenvalue weighted by Crippen LogP contribution is 2.35. The second kappa shape index (κ2) is 9.63. The molecule has 2 aromatic rings. The molecule has 2 aliphatic heterocycles. The van der Waals surface area contributed by atoms with Crippen molar-refractivity contribution in [3.8, 4) is 5.75 Å². The van der Waals surface area contributed by atoms with E-state index in [2.05, 4.69) is 48.1 Å². The molecule has 2 aliphatic rings. The first-order chi connectivity index (χ1) is 15.3. The van der Waals surface area contributed by atoms with Crippen molar-refractivity contribution < 1.29 is 14.3 Å². The number of fused-ring (bicyclic) bond motifs is 1. The van der Waals surface area contributed by atoms with Crippen molar-refractivity contribution in [1.82, 2.24) is 19.6 Å². The lowest BCUT2D eigenvalue weighted by molar-refractivity contribution is -0.133. The fourth-order valence-electron chi connectivity index (χ4n) is 4.97. The minimum atomic E-state index is -0.367.